The molecule has 9 rings (SSSR count). The Morgan fingerprint density at radius 1 is 0.385 bits per heavy atom. The fourth-order valence-electron chi connectivity index (χ4n) is 7.60. The zero-order valence-electron chi connectivity index (χ0n) is 27.5. The van der Waals surface area contributed by atoms with Gasteiger partial charge in [0.1, 0.15) is 6.07 Å². The molecular weight excluding hydrogens is 637 g/mol. The predicted octanol–water partition coefficient (Wildman–Crippen LogP) is 10.7. The van der Waals surface area contributed by atoms with Crippen molar-refractivity contribution in [3.63, 3.8) is 0 Å². The van der Waals surface area contributed by atoms with Gasteiger partial charge in [-0.1, -0.05) is 72.8 Å². The molecule has 9 aromatic rings. The van der Waals surface area contributed by atoms with Gasteiger partial charge in [0.2, 0.25) is 0 Å². The van der Waals surface area contributed by atoms with E-state index in [-0.39, 0.29) is 0 Å². The molecule has 6 nitrogen and oxygen atoms in total. The number of hydrogen-bond donors (Lipinski definition) is 0. The Balaban J connectivity index is 1.39. The molecule has 0 bridgehead atoms. The summed E-state index contributed by atoms with van der Waals surface area (Å²) in [5.41, 5.74) is 9.91. The van der Waals surface area contributed by atoms with Crippen molar-refractivity contribution in [1.29, 1.82) is 21.0 Å². The van der Waals surface area contributed by atoms with E-state index in [0.29, 0.717) is 39.1 Å². The van der Waals surface area contributed by atoms with Gasteiger partial charge in [0.25, 0.3) is 0 Å². The molecule has 0 saturated carbocycles. The highest BCUT2D eigenvalue weighted by atomic mass is 15.0. The average molecular weight is 661 g/mol. The minimum absolute atomic E-state index is 0.428. The third kappa shape index (κ3) is 4.54. The second-order valence-corrected chi connectivity index (χ2v) is 12.6. The van der Waals surface area contributed by atoms with Gasteiger partial charge in [0, 0.05) is 32.8 Å². The number of hydrogen-bond acceptors (Lipinski definition) is 4. The largest absolute Gasteiger partial charge is 0.309 e. The summed E-state index contributed by atoms with van der Waals surface area (Å²) >= 11 is 0. The molecule has 0 amide bonds. The maximum Gasteiger partial charge on any atom is 0.102 e. The van der Waals surface area contributed by atoms with Gasteiger partial charge in [-0.25, -0.2) is 0 Å². The van der Waals surface area contributed by atoms with Crippen LogP contribution in [-0.2, 0) is 0 Å². The highest BCUT2D eigenvalue weighted by Gasteiger charge is 2.22. The summed E-state index contributed by atoms with van der Waals surface area (Å²) in [6.07, 6.45) is 0. The SMILES string of the molecule is N#Cc1cc(-c2cc(-c3ccccc3C#N)cc(-n3c4ccccc4c4ccccc43)c2C#N)cc(-n2c3ccccc3c3cc(C#N)ccc32)c1. The van der Waals surface area contributed by atoms with Crippen LogP contribution in [0.25, 0.3) is 77.2 Å². The van der Waals surface area contributed by atoms with E-state index < -0.39 is 0 Å². The van der Waals surface area contributed by atoms with Crippen LogP contribution in [0.4, 0.5) is 0 Å². The molecule has 0 aliphatic heterocycles. The summed E-state index contributed by atoms with van der Waals surface area (Å²) in [6.45, 7) is 0. The first-order valence-electron chi connectivity index (χ1n) is 16.7. The first kappa shape index (κ1) is 30.2. The first-order chi connectivity index (χ1) is 25.6. The summed E-state index contributed by atoms with van der Waals surface area (Å²) < 4.78 is 4.23. The van der Waals surface area contributed by atoms with E-state index in [1.807, 2.05) is 109 Å². The standard InChI is InChI=1S/C46H24N6/c47-25-29-17-18-45-40(21-29)38-13-5-6-14-42(38)51(45)34-20-30(26-48)19-32(22-34)39-23-33(35-10-2-1-9-31(35)27-49)24-46(41(39)28-50)52-43-15-7-3-11-36(43)37-12-4-8-16-44(37)52/h1-24H. The van der Waals surface area contributed by atoms with Crippen molar-refractivity contribution >= 4 is 43.6 Å². The Hall–Kier alpha value is -7.90. The van der Waals surface area contributed by atoms with E-state index in [1.165, 1.54) is 0 Å². The maximum atomic E-state index is 11.1. The molecule has 2 aromatic heterocycles. The Kier molecular flexibility index (Phi) is 6.91. The number of aromatic nitrogens is 2. The molecule has 0 fully saturated rings. The third-order valence-corrected chi connectivity index (χ3v) is 9.83. The molecule has 0 unspecified atom stereocenters. The Bertz CT molecular complexity index is 3080. The van der Waals surface area contributed by atoms with Crippen LogP contribution in [0.15, 0.2) is 146 Å². The lowest BCUT2D eigenvalue weighted by molar-refractivity contribution is 1.16. The molecule has 0 N–H and O–H groups in total. The van der Waals surface area contributed by atoms with Crippen molar-refractivity contribution < 1.29 is 0 Å². The third-order valence-electron chi connectivity index (χ3n) is 9.83. The van der Waals surface area contributed by atoms with Gasteiger partial charge in [0.15, 0.2) is 0 Å². The predicted molar refractivity (Wildman–Crippen MR) is 205 cm³/mol. The maximum absolute atomic E-state index is 11.1. The summed E-state index contributed by atoms with van der Waals surface area (Å²) in [5, 5.41) is 45.3. The summed E-state index contributed by atoms with van der Waals surface area (Å²) in [5.74, 6) is 0. The van der Waals surface area contributed by atoms with Crippen LogP contribution >= 0.6 is 0 Å². The van der Waals surface area contributed by atoms with Gasteiger partial charge in [0.05, 0.1) is 68.2 Å². The lowest BCUT2D eigenvalue weighted by atomic mass is 9.91. The molecule has 0 aliphatic carbocycles. The molecule has 0 atom stereocenters. The lowest BCUT2D eigenvalue weighted by Crippen LogP contribution is -2.02. The summed E-state index contributed by atoms with van der Waals surface area (Å²) in [7, 11) is 0. The minimum atomic E-state index is 0.428. The Labute approximate surface area is 298 Å². The molecule has 0 spiro atoms. The van der Waals surface area contributed by atoms with Crippen molar-refractivity contribution in [3.05, 3.63) is 168 Å². The number of nitrogens with zero attached hydrogens (tertiary/aromatic N) is 6. The molecule has 2 heterocycles. The normalized spacial score (nSPS) is 11.0. The number of rotatable bonds is 4. The van der Waals surface area contributed by atoms with Gasteiger partial charge in [-0.2, -0.15) is 21.0 Å². The van der Waals surface area contributed by atoms with Crippen LogP contribution in [0.1, 0.15) is 22.3 Å². The van der Waals surface area contributed by atoms with Crippen LogP contribution in [0.2, 0.25) is 0 Å². The van der Waals surface area contributed by atoms with Crippen LogP contribution in [0.3, 0.4) is 0 Å². The first-order valence-corrected chi connectivity index (χ1v) is 16.7. The lowest BCUT2D eigenvalue weighted by Gasteiger charge is -2.18. The van der Waals surface area contributed by atoms with E-state index in [0.717, 1.165) is 60.4 Å². The number of fused-ring (bicyclic) bond motifs is 6. The number of nitriles is 4. The molecule has 0 saturated heterocycles. The monoisotopic (exact) mass is 660 g/mol. The highest BCUT2D eigenvalue weighted by molar-refractivity contribution is 6.11. The van der Waals surface area contributed by atoms with Crippen molar-refractivity contribution in [2.24, 2.45) is 0 Å². The van der Waals surface area contributed by atoms with E-state index in [1.54, 1.807) is 12.1 Å². The van der Waals surface area contributed by atoms with Gasteiger partial charge in [-0.15, -0.1) is 0 Å². The fraction of sp³-hybridized carbons (Fsp3) is 0. The quantitative estimate of drug-likeness (QED) is 0.187. The topological polar surface area (TPSA) is 105 Å². The van der Waals surface area contributed by atoms with Crippen LogP contribution in [0.5, 0.6) is 0 Å². The van der Waals surface area contributed by atoms with Crippen molar-refractivity contribution in [1.82, 2.24) is 9.13 Å². The highest BCUT2D eigenvalue weighted by Crippen LogP contribution is 2.41. The smallest absolute Gasteiger partial charge is 0.102 e. The zero-order chi connectivity index (χ0) is 35.3. The fourth-order valence-corrected chi connectivity index (χ4v) is 7.60. The summed E-state index contributed by atoms with van der Waals surface area (Å²) in [6, 6.07) is 56.5. The molecule has 238 valence electrons. The van der Waals surface area contributed by atoms with E-state index in [4.69, 9.17) is 0 Å². The van der Waals surface area contributed by atoms with Crippen LogP contribution < -0.4 is 0 Å². The van der Waals surface area contributed by atoms with E-state index in [9.17, 15) is 21.0 Å². The molecule has 0 aliphatic rings. The number of para-hydroxylation sites is 3. The molecule has 0 radical (unpaired) electrons. The zero-order valence-corrected chi connectivity index (χ0v) is 27.5. The minimum Gasteiger partial charge on any atom is -0.309 e. The number of benzene rings is 7. The van der Waals surface area contributed by atoms with Gasteiger partial charge >= 0.3 is 0 Å². The van der Waals surface area contributed by atoms with Gasteiger partial charge in [-0.3, -0.25) is 0 Å². The van der Waals surface area contributed by atoms with Gasteiger partial charge in [-0.05, 0) is 89.5 Å². The van der Waals surface area contributed by atoms with Gasteiger partial charge < -0.3 is 9.13 Å². The van der Waals surface area contributed by atoms with Crippen molar-refractivity contribution in [3.8, 4) is 57.9 Å². The molecule has 6 heteroatoms. The average Bonchev–Trinajstić information content (AvgIpc) is 3.72. The van der Waals surface area contributed by atoms with Crippen molar-refractivity contribution in [2.45, 2.75) is 0 Å². The molecular formula is C46H24N6. The van der Waals surface area contributed by atoms with E-state index in [2.05, 4.69) is 57.7 Å². The Morgan fingerprint density at radius 2 is 0.962 bits per heavy atom. The molecule has 7 aromatic carbocycles. The van der Waals surface area contributed by atoms with Crippen LogP contribution in [0, 0.1) is 45.3 Å². The van der Waals surface area contributed by atoms with E-state index >= 15 is 0 Å². The van der Waals surface area contributed by atoms with Crippen molar-refractivity contribution in [2.75, 3.05) is 0 Å². The second kappa shape index (κ2) is 11.9. The Morgan fingerprint density at radius 3 is 1.62 bits per heavy atom. The summed E-state index contributed by atoms with van der Waals surface area (Å²) in [4.78, 5) is 0. The molecule has 52 heavy (non-hydrogen) atoms. The van der Waals surface area contributed by atoms with Crippen LogP contribution in [-0.4, -0.2) is 9.13 Å². The second-order valence-electron chi connectivity index (χ2n) is 12.6.